The molecule has 0 radical (unpaired) electrons. The lowest BCUT2D eigenvalue weighted by Crippen LogP contribution is -2.34. The molecular weight excluding hydrogens is 379 g/mol. The van der Waals surface area contributed by atoms with Crippen molar-refractivity contribution in [2.75, 3.05) is 19.7 Å². The van der Waals surface area contributed by atoms with E-state index in [-0.39, 0.29) is 42.3 Å². The normalized spacial score (nSPS) is 10.7. The molecule has 0 saturated heterocycles. The summed E-state index contributed by atoms with van der Waals surface area (Å²) in [5.41, 5.74) is 6.47. The average Bonchev–Trinajstić information content (AvgIpc) is 2.34. The molecule has 0 spiro atoms. The summed E-state index contributed by atoms with van der Waals surface area (Å²) in [4.78, 5) is 4.00. The third kappa shape index (κ3) is 7.27. The van der Waals surface area contributed by atoms with Gasteiger partial charge in [0.25, 0.3) is 0 Å². The van der Waals surface area contributed by atoms with Crippen LogP contribution < -0.4 is 15.8 Å². The van der Waals surface area contributed by atoms with Gasteiger partial charge in [0.1, 0.15) is 12.4 Å². The molecule has 0 amide bonds. The van der Waals surface area contributed by atoms with Crippen molar-refractivity contribution in [3.8, 4) is 5.75 Å². The molecule has 0 bridgehead atoms. The summed E-state index contributed by atoms with van der Waals surface area (Å²) < 4.78 is 31.0. The van der Waals surface area contributed by atoms with E-state index in [4.69, 9.17) is 10.5 Å². The van der Waals surface area contributed by atoms with Crippen LogP contribution in [0, 0.1) is 11.6 Å². The molecule has 0 fully saturated rings. The van der Waals surface area contributed by atoms with Gasteiger partial charge >= 0.3 is 0 Å². The standard InChI is InChI=1S/C13H17F2N3O.HI/c1-9(2)8-18-13(16)17-5-6-19-12-4-3-10(14)7-11(12)15;/h3-4,7H,1,5-6,8H2,2H3,(H3,16,17,18);1H. The minimum absolute atomic E-state index is 0. The highest BCUT2D eigenvalue weighted by atomic mass is 127. The maximum Gasteiger partial charge on any atom is 0.189 e. The highest BCUT2D eigenvalue weighted by Gasteiger charge is 2.04. The van der Waals surface area contributed by atoms with Crippen LogP contribution in [0.15, 0.2) is 35.3 Å². The van der Waals surface area contributed by atoms with Gasteiger partial charge in [-0.3, -0.25) is 0 Å². The zero-order valence-electron chi connectivity index (χ0n) is 11.2. The Hall–Kier alpha value is -1.38. The van der Waals surface area contributed by atoms with Crippen molar-refractivity contribution in [3.05, 3.63) is 42.0 Å². The number of rotatable bonds is 6. The van der Waals surface area contributed by atoms with E-state index in [0.717, 1.165) is 17.7 Å². The lowest BCUT2D eigenvalue weighted by Gasteiger charge is -2.08. The molecular formula is C13H18F2IN3O. The molecule has 0 saturated carbocycles. The van der Waals surface area contributed by atoms with Crippen molar-refractivity contribution in [3.63, 3.8) is 0 Å². The van der Waals surface area contributed by atoms with Crippen molar-refractivity contribution < 1.29 is 13.5 Å². The number of nitrogens with zero attached hydrogens (tertiary/aromatic N) is 1. The number of nitrogens with one attached hydrogen (secondary N) is 1. The molecule has 0 aliphatic rings. The van der Waals surface area contributed by atoms with E-state index in [1.54, 1.807) is 0 Å². The van der Waals surface area contributed by atoms with Crippen LogP contribution in [0.5, 0.6) is 5.75 Å². The van der Waals surface area contributed by atoms with E-state index >= 15 is 0 Å². The number of benzene rings is 1. The molecule has 0 aliphatic heterocycles. The zero-order valence-corrected chi connectivity index (χ0v) is 13.5. The Balaban J connectivity index is 0.00000361. The van der Waals surface area contributed by atoms with Gasteiger partial charge in [0, 0.05) is 6.07 Å². The second kappa shape index (κ2) is 9.51. The fourth-order valence-corrected chi connectivity index (χ4v) is 1.21. The summed E-state index contributed by atoms with van der Waals surface area (Å²) in [6.07, 6.45) is 0. The molecule has 0 atom stereocenters. The van der Waals surface area contributed by atoms with E-state index in [1.165, 1.54) is 6.07 Å². The SMILES string of the molecule is C=C(C)CN=C(N)NCCOc1ccc(F)cc1F.I. The summed E-state index contributed by atoms with van der Waals surface area (Å²) in [6.45, 7) is 6.54. The lowest BCUT2D eigenvalue weighted by molar-refractivity contribution is 0.305. The minimum Gasteiger partial charge on any atom is -0.489 e. The number of nitrogens with two attached hydrogens (primary N) is 1. The van der Waals surface area contributed by atoms with E-state index in [0.29, 0.717) is 13.1 Å². The number of halogens is 3. The number of aliphatic imine (C=N–C) groups is 1. The maximum absolute atomic E-state index is 13.2. The van der Waals surface area contributed by atoms with Crippen LogP contribution in [0.4, 0.5) is 8.78 Å². The highest BCUT2D eigenvalue weighted by molar-refractivity contribution is 14.0. The van der Waals surface area contributed by atoms with Crippen LogP contribution >= 0.6 is 24.0 Å². The van der Waals surface area contributed by atoms with E-state index in [9.17, 15) is 8.78 Å². The lowest BCUT2D eigenvalue weighted by atomic mass is 10.3. The highest BCUT2D eigenvalue weighted by Crippen LogP contribution is 2.17. The van der Waals surface area contributed by atoms with Gasteiger partial charge in [-0.05, 0) is 19.1 Å². The zero-order chi connectivity index (χ0) is 14.3. The predicted octanol–water partition coefficient (Wildman–Crippen LogP) is 2.44. The van der Waals surface area contributed by atoms with Crippen molar-refractivity contribution >= 4 is 29.9 Å². The predicted molar refractivity (Wildman–Crippen MR) is 86.6 cm³/mol. The first-order valence-electron chi connectivity index (χ1n) is 5.75. The molecule has 0 heterocycles. The van der Waals surface area contributed by atoms with Gasteiger partial charge in [-0.25, -0.2) is 13.8 Å². The Kier molecular flexibility index (Phi) is 8.86. The van der Waals surface area contributed by atoms with Gasteiger partial charge < -0.3 is 15.8 Å². The van der Waals surface area contributed by atoms with Crippen LogP contribution in [0.1, 0.15) is 6.92 Å². The molecule has 3 N–H and O–H groups in total. The summed E-state index contributed by atoms with van der Waals surface area (Å²) >= 11 is 0. The summed E-state index contributed by atoms with van der Waals surface area (Å²) in [7, 11) is 0. The maximum atomic E-state index is 13.2. The van der Waals surface area contributed by atoms with E-state index < -0.39 is 11.6 Å². The Labute approximate surface area is 134 Å². The average molecular weight is 397 g/mol. The summed E-state index contributed by atoms with van der Waals surface area (Å²) in [6, 6.07) is 3.14. The molecule has 1 aromatic carbocycles. The van der Waals surface area contributed by atoms with E-state index in [1.807, 2.05) is 6.92 Å². The van der Waals surface area contributed by atoms with Crippen molar-refractivity contribution in [2.24, 2.45) is 10.7 Å². The van der Waals surface area contributed by atoms with Gasteiger partial charge in [-0.1, -0.05) is 12.2 Å². The smallest absolute Gasteiger partial charge is 0.189 e. The summed E-state index contributed by atoms with van der Waals surface area (Å²) in [5, 5.41) is 2.80. The molecule has 0 unspecified atom stereocenters. The molecule has 1 rings (SSSR count). The van der Waals surface area contributed by atoms with Gasteiger partial charge in [0.15, 0.2) is 17.5 Å². The first-order chi connectivity index (χ1) is 8.99. The molecule has 112 valence electrons. The Morgan fingerprint density at radius 3 is 2.75 bits per heavy atom. The van der Waals surface area contributed by atoms with Crippen LogP contribution in [0.2, 0.25) is 0 Å². The van der Waals surface area contributed by atoms with Crippen molar-refractivity contribution in [2.45, 2.75) is 6.92 Å². The van der Waals surface area contributed by atoms with Gasteiger partial charge in [-0.15, -0.1) is 24.0 Å². The van der Waals surface area contributed by atoms with Crippen molar-refractivity contribution in [1.82, 2.24) is 5.32 Å². The minimum atomic E-state index is -0.732. The number of hydrogen-bond donors (Lipinski definition) is 2. The topological polar surface area (TPSA) is 59.6 Å². The third-order valence-corrected chi connectivity index (χ3v) is 2.08. The number of ether oxygens (including phenoxy) is 1. The fraction of sp³-hybridized carbons (Fsp3) is 0.308. The monoisotopic (exact) mass is 397 g/mol. The van der Waals surface area contributed by atoms with Crippen molar-refractivity contribution in [1.29, 1.82) is 0 Å². The van der Waals surface area contributed by atoms with Gasteiger partial charge in [0.05, 0.1) is 13.1 Å². The second-order valence-corrected chi connectivity index (χ2v) is 4.01. The van der Waals surface area contributed by atoms with E-state index in [2.05, 4.69) is 16.9 Å². The fourth-order valence-electron chi connectivity index (χ4n) is 1.21. The Morgan fingerprint density at radius 1 is 1.45 bits per heavy atom. The van der Waals surface area contributed by atoms with Crippen LogP contribution in [-0.4, -0.2) is 25.7 Å². The molecule has 7 heteroatoms. The molecule has 0 aromatic heterocycles. The molecule has 4 nitrogen and oxygen atoms in total. The third-order valence-electron chi connectivity index (χ3n) is 2.08. The Morgan fingerprint density at radius 2 is 2.15 bits per heavy atom. The van der Waals surface area contributed by atoms with Gasteiger partial charge in [0.2, 0.25) is 0 Å². The number of guanidine groups is 1. The molecule has 1 aromatic rings. The molecule has 0 aliphatic carbocycles. The Bertz CT molecular complexity index is 481. The number of hydrogen-bond acceptors (Lipinski definition) is 2. The first-order valence-corrected chi connectivity index (χ1v) is 5.75. The van der Waals surface area contributed by atoms with Crippen LogP contribution in [0.3, 0.4) is 0 Å². The molecule has 20 heavy (non-hydrogen) atoms. The van der Waals surface area contributed by atoms with Crippen LogP contribution in [-0.2, 0) is 0 Å². The van der Waals surface area contributed by atoms with Gasteiger partial charge in [-0.2, -0.15) is 0 Å². The summed E-state index contributed by atoms with van der Waals surface area (Å²) in [5.74, 6) is -1.10. The quantitative estimate of drug-likeness (QED) is 0.255. The second-order valence-electron chi connectivity index (χ2n) is 4.01. The largest absolute Gasteiger partial charge is 0.489 e. The first kappa shape index (κ1) is 18.6. The van der Waals surface area contributed by atoms with Crippen LogP contribution in [0.25, 0.3) is 0 Å².